The van der Waals surface area contributed by atoms with Crippen LogP contribution in [0.2, 0.25) is 0 Å². The lowest BCUT2D eigenvalue weighted by molar-refractivity contribution is -0.114. The largest absolute Gasteiger partial charge is 0.506 e. The highest BCUT2D eigenvalue weighted by Crippen LogP contribution is 2.35. The van der Waals surface area contributed by atoms with E-state index in [1.54, 1.807) is 6.07 Å². The molecular weight excluding hydrogens is 170 g/mol. The first kappa shape index (κ1) is 7.79. The minimum Gasteiger partial charge on any atom is -0.506 e. The molecule has 4 nitrogen and oxygen atoms in total. The number of fused-ring (bicyclic) bond motifs is 1. The highest BCUT2D eigenvalue weighted by molar-refractivity contribution is 6.52. The van der Waals surface area contributed by atoms with Gasteiger partial charge < -0.3 is 10.0 Å². The van der Waals surface area contributed by atoms with Crippen LogP contribution in [-0.2, 0) is 4.79 Å². The number of hydrogen-bond donors (Lipinski definition) is 1. The summed E-state index contributed by atoms with van der Waals surface area (Å²) in [7, 11) is 1.46. The van der Waals surface area contributed by atoms with E-state index in [1.165, 1.54) is 19.2 Å². The molecule has 0 radical (unpaired) electrons. The normalized spacial score (nSPS) is 15.0. The van der Waals surface area contributed by atoms with Crippen molar-refractivity contribution in [2.75, 3.05) is 11.9 Å². The van der Waals surface area contributed by atoms with Gasteiger partial charge in [-0.15, -0.1) is 0 Å². The van der Waals surface area contributed by atoms with Crippen molar-refractivity contribution in [1.29, 1.82) is 0 Å². The van der Waals surface area contributed by atoms with Crippen LogP contribution in [0.3, 0.4) is 0 Å². The Hall–Kier alpha value is -1.84. The van der Waals surface area contributed by atoms with E-state index >= 15 is 0 Å². The minimum absolute atomic E-state index is 0.0424. The van der Waals surface area contributed by atoms with Gasteiger partial charge in [0.05, 0.1) is 11.3 Å². The SMILES string of the molecule is CN1C(=O)C(=O)c2cccc(O)c21. The number of ketones is 1. The summed E-state index contributed by atoms with van der Waals surface area (Å²) >= 11 is 0. The zero-order valence-electron chi connectivity index (χ0n) is 6.94. The lowest BCUT2D eigenvalue weighted by Gasteiger charge is -2.09. The first-order valence-corrected chi connectivity index (χ1v) is 3.77. The third-order valence-electron chi connectivity index (χ3n) is 2.09. The van der Waals surface area contributed by atoms with Crippen molar-refractivity contribution < 1.29 is 14.7 Å². The number of benzene rings is 1. The predicted octanol–water partition coefficient (Wildman–Crippen LogP) is 0.551. The highest BCUT2D eigenvalue weighted by Gasteiger charge is 2.34. The number of para-hydroxylation sites is 1. The predicted molar refractivity (Wildman–Crippen MR) is 45.8 cm³/mol. The van der Waals surface area contributed by atoms with Crippen LogP contribution in [0.5, 0.6) is 5.75 Å². The van der Waals surface area contributed by atoms with Crippen molar-refractivity contribution in [3.8, 4) is 5.75 Å². The number of amides is 1. The Morgan fingerprint density at radius 3 is 2.62 bits per heavy atom. The molecule has 1 aliphatic rings. The third kappa shape index (κ3) is 0.853. The molecule has 13 heavy (non-hydrogen) atoms. The highest BCUT2D eigenvalue weighted by atomic mass is 16.3. The molecule has 1 N–H and O–H groups in total. The molecule has 0 saturated carbocycles. The van der Waals surface area contributed by atoms with Crippen LogP contribution in [0, 0.1) is 0 Å². The van der Waals surface area contributed by atoms with Crippen molar-refractivity contribution in [3.05, 3.63) is 23.8 Å². The summed E-state index contributed by atoms with van der Waals surface area (Å²) in [5.41, 5.74) is 0.574. The number of hydrogen-bond acceptors (Lipinski definition) is 3. The molecule has 0 aliphatic carbocycles. The third-order valence-corrected chi connectivity index (χ3v) is 2.09. The quantitative estimate of drug-likeness (QED) is 0.589. The number of aromatic hydroxyl groups is 1. The molecule has 1 aromatic rings. The van der Waals surface area contributed by atoms with Gasteiger partial charge in [0.1, 0.15) is 5.75 Å². The van der Waals surface area contributed by atoms with E-state index in [1.807, 2.05) is 0 Å². The average molecular weight is 177 g/mol. The van der Waals surface area contributed by atoms with E-state index in [4.69, 9.17) is 0 Å². The van der Waals surface area contributed by atoms with Gasteiger partial charge in [-0.25, -0.2) is 0 Å². The molecule has 2 rings (SSSR count). The number of phenolic OH excluding ortho intramolecular Hbond substituents is 1. The Bertz CT molecular complexity index is 411. The van der Waals surface area contributed by atoms with Gasteiger partial charge in [-0.3, -0.25) is 9.59 Å². The fraction of sp³-hybridized carbons (Fsp3) is 0.111. The van der Waals surface area contributed by atoms with E-state index in [-0.39, 0.29) is 11.3 Å². The lowest BCUT2D eigenvalue weighted by atomic mass is 10.1. The first-order valence-electron chi connectivity index (χ1n) is 3.77. The Kier molecular flexibility index (Phi) is 1.39. The van der Waals surface area contributed by atoms with Gasteiger partial charge in [0.25, 0.3) is 11.7 Å². The Morgan fingerprint density at radius 1 is 1.31 bits per heavy atom. The number of phenols is 1. The maximum absolute atomic E-state index is 11.3. The summed E-state index contributed by atoms with van der Waals surface area (Å²) in [6.07, 6.45) is 0. The molecular formula is C9H7NO3. The van der Waals surface area contributed by atoms with Gasteiger partial charge in [-0.2, -0.15) is 0 Å². The molecule has 0 saturated heterocycles. The van der Waals surface area contributed by atoms with Gasteiger partial charge in [0, 0.05) is 7.05 Å². The van der Waals surface area contributed by atoms with Crippen LogP contribution in [0.4, 0.5) is 5.69 Å². The fourth-order valence-electron chi connectivity index (χ4n) is 1.44. The van der Waals surface area contributed by atoms with Crippen LogP contribution in [0.25, 0.3) is 0 Å². The summed E-state index contributed by atoms with van der Waals surface area (Å²) < 4.78 is 0. The van der Waals surface area contributed by atoms with E-state index in [2.05, 4.69) is 0 Å². The fourth-order valence-corrected chi connectivity index (χ4v) is 1.44. The molecule has 1 heterocycles. The molecule has 1 aromatic carbocycles. The number of anilines is 1. The van der Waals surface area contributed by atoms with Crippen LogP contribution in [0.15, 0.2) is 18.2 Å². The van der Waals surface area contributed by atoms with E-state index in [0.29, 0.717) is 5.69 Å². The number of likely N-dealkylation sites (N-methyl/N-ethyl adjacent to an activating group) is 1. The van der Waals surface area contributed by atoms with E-state index < -0.39 is 11.7 Å². The number of nitrogens with zero attached hydrogens (tertiary/aromatic N) is 1. The van der Waals surface area contributed by atoms with Gasteiger partial charge in [-0.1, -0.05) is 6.07 Å². The van der Waals surface area contributed by atoms with Crippen molar-refractivity contribution in [3.63, 3.8) is 0 Å². The maximum Gasteiger partial charge on any atom is 0.299 e. The monoisotopic (exact) mass is 177 g/mol. The summed E-state index contributed by atoms with van der Waals surface area (Å²) in [5.74, 6) is -1.20. The molecule has 66 valence electrons. The van der Waals surface area contributed by atoms with Crippen LogP contribution >= 0.6 is 0 Å². The van der Waals surface area contributed by atoms with E-state index in [0.717, 1.165) is 4.90 Å². The van der Waals surface area contributed by atoms with Crippen molar-refractivity contribution in [2.24, 2.45) is 0 Å². The molecule has 0 fully saturated rings. The second kappa shape index (κ2) is 2.32. The zero-order valence-corrected chi connectivity index (χ0v) is 6.94. The Balaban J connectivity index is 2.73. The molecule has 0 spiro atoms. The van der Waals surface area contributed by atoms with Crippen molar-refractivity contribution in [1.82, 2.24) is 0 Å². The van der Waals surface area contributed by atoms with Crippen LogP contribution < -0.4 is 4.90 Å². The van der Waals surface area contributed by atoms with Gasteiger partial charge in [0.2, 0.25) is 0 Å². The smallest absolute Gasteiger partial charge is 0.299 e. The first-order chi connectivity index (χ1) is 6.13. The second-order valence-electron chi connectivity index (χ2n) is 2.87. The number of carbonyl (C=O) groups excluding carboxylic acids is 2. The molecule has 4 heteroatoms. The van der Waals surface area contributed by atoms with E-state index in [9.17, 15) is 14.7 Å². The van der Waals surface area contributed by atoms with Crippen LogP contribution in [0.1, 0.15) is 10.4 Å². The summed E-state index contributed by atoms with van der Waals surface area (Å²) in [6, 6.07) is 4.51. The number of Topliss-reactive ketones (excluding diaryl/α,β-unsaturated/α-hetero) is 1. The zero-order chi connectivity index (χ0) is 9.59. The lowest BCUT2D eigenvalue weighted by Crippen LogP contribution is -2.24. The molecule has 1 amide bonds. The number of carbonyl (C=O) groups is 2. The molecule has 0 unspecified atom stereocenters. The molecule has 0 bridgehead atoms. The molecule has 0 atom stereocenters. The Labute approximate surface area is 74.4 Å². The second-order valence-corrected chi connectivity index (χ2v) is 2.87. The number of rotatable bonds is 0. The Morgan fingerprint density at radius 2 is 2.00 bits per heavy atom. The summed E-state index contributed by atoms with van der Waals surface area (Å²) in [6.45, 7) is 0. The maximum atomic E-state index is 11.3. The minimum atomic E-state index is -0.600. The van der Waals surface area contributed by atoms with Crippen LogP contribution in [-0.4, -0.2) is 23.8 Å². The van der Waals surface area contributed by atoms with Gasteiger partial charge >= 0.3 is 0 Å². The van der Waals surface area contributed by atoms with Crippen molar-refractivity contribution >= 4 is 17.4 Å². The molecule has 1 aliphatic heterocycles. The van der Waals surface area contributed by atoms with Gasteiger partial charge in [0.15, 0.2) is 0 Å². The van der Waals surface area contributed by atoms with Crippen molar-refractivity contribution in [2.45, 2.75) is 0 Å². The topological polar surface area (TPSA) is 57.6 Å². The standard InChI is InChI=1S/C9H7NO3/c1-10-7-5(8(12)9(10)13)3-2-4-6(7)11/h2-4,11H,1H3. The summed E-state index contributed by atoms with van der Waals surface area (Å²) in [5, 5.41) is 9.39. The van der Waals surface area contributed by atoms with Gasteiger partial charge in [-0.05, 0) is 12.1 Å². The molecule has 0 aromatic heterocycles. The summed E-state index contributed by atoms with van der Waals surface area (Å²) in [4.78, 5) is 23.6. The average Bonchev–Trinajstić information content (AvgIpc) is 2.33.